The Bertz CT molecular complexity index is 611. The van der Waals surface area contributed by atoms with Crippen molar-refractivity contribution in [1.82, 2.24) is 14.8 Å². The van der Waals surface area contributed by atoms with Gasteiger partial charge in [0, 0.05) is 10.7 Å². The van der Waals surface area contributed by atoms with Gasteiger partial charge in [-0.15, -0.1) is 0 Å². The van der Waals surface area contributed by atoms with Crippen LogP contribution in [0.3, 0.4) is 0 Å². The van der Waals surface area contributed by atoms with Gasteiger partial charge in [0.1, 0.15) is 6.54 Å². The predicted molar refractivity (Wildman–Crippen MR) is 62.5 cm³/mol. The average Bonchev–Trinajstić information content (AvgIpc) is 2.78. The van der Waals surface area contributed by atoms with E-state index in [-0.39, 0.29) is 12.3 Å². The third-order valence-corrected chi connectivity index (χ3v) is 2.50. The molecule has 0 saturated heterocycles. The maximum Gasteiger partial charge on any atom is 0.490 e. The number of rotatable bonds is 4. The van der Waals surface area contributed by atoms with E-state index in [9.17, 15) is 14.9 Å². The van der Waals surface area contributed by atoms with Gasteiger partial charge in [-0.1, -0.05) is 28.7 Å². The third kappa shape index (κ3) is 2.51. The molecule has 92 valence electrons. The average molecular weight is 267 g/mol. The summed E-state index contributed by atoms with van der Waals surface area (Å²) in [6.45, 7) is -0.148. The van der Waals surface area contributed by atoms with E-state index in [0.717, 1.165) is 11.0 Å². The molecule has 1 aromatic carbocycles. The van der Waals surface area contributed by atoms with E-state index >= 15 is 0 Å². The number of benzene rings is 1. The van der Waals surface area contributed by atoms with Gasteiger partial charge in [-0.3, -0.25) is 4.79 Å². The van der Waals surface area contributed by atoms with E-state index < -0.39 is 10.9 Å². The van der Waals surface area contributed by atoms with Crippen LogP contribution in [0.4, 0.5) is 5.95 Å². The van der Waals surface area contributed by atoms with Crippen LogP contribution in [0.2, 0.25) is 5.02 Å². The summed E-state index contributed by atoms with van der Waals surface area (Å²) in [6, 6.07) is 6.57. The highest BCUT2D eigenvalue weighted by Gasteiger charge is 2.17. The third-order valence-electron chi connectivity index (χ3n) is 2.17. The molecule has 8 heteroatoms. The Labute approximate surface area is 106 Å². The molecule has 1 heterocycles. The minimum Gasteiger partial charge on any atom is -0.390 e. The molecular weight excluding hydrogens is 260 g/mol. The highest BCUT2D eigenvalue weighted by Crippen LogP contribution is 2.16. The van der Waals surface area contributed by atoms with Crippen LogP contribution in [-0.2, 0) is 6.54 Å². The van der Waals surface area contributed by atoms with Crippen molar-refractivity contribution in [2.75, 3.05) is 0 Å². The number of ketones is 1. The minimum atomic E-state index is -0.726. The Morgan fingerprint density at radius 2 is 2.17 bits per heavy atom. The fraction of sp³-hybridized carbons (Fsp3) is 0.100. The van der Waals surface area contributed by atoms with Crippen molar-refractivity contribution in [2.24, 2.45) is 0 Å². The Morgan fingerprint density at radius 3 is 2.78 bits per heavy atom. The Hall–Kier alpha value is -2.28. The maximum atomic E-state index is 11.9. The summed E-state index contributed by atoms with van der Waals surface area (Å²) < 4.78 is 1.10. The molecule has 0 N–H and O–H groups in total. The van der Waals surface area contributed by atoms with Crippen molar-refractivity contribution in [3.05, 3.63) is 51.3 Å². The summed E-state index contributed by atoms with van der Waals surface area (Å²) in [5.41, 5.74) is 0.345. The number of nitro groups is 1. The minimum absolute atomic E-state index is 0.148. The van der Waals surface area contributed by atoms with Gasteiger partial charge in [-0.25, -0.2) is 0 Å². The largest absolute Gasteiger partial charge is 0.490 e. The van der Waals surface area contributed by atoms with E-state index in [1.165, 1.54) is 0 Å². The number of carbonyl (C=O) groups excluding carboxylic acids is 1. The Balaban J connectivity index is 2.16. The molecule has 0 unspecified atom stereocenters. The topological polar surface area (TPSA) is 90.9 Å². The molecule has 0 atom stereocenters. The number of hydrogen-bond acceptors (Lipinski definition) is 5. The first kappa shape index (κ1) is 12.2. The molecule has 0 amide bonds. The zero-order valence-corrected chi connectivity index (χ0v) is 9.74. The molecule has 18 heavy (non-hydrogen) atoms. The lowest BCUT2D eigenvalue weighted by molar-refractivity contribution is -0.394. The zero-order valence-electron chi connectivity index (χ0n) is 8.99. The number of halogens is 1. The Kier molecular flexibility index (Phi) is 3.33. The molecule has 2 aromatic rings. The number of carbonyl (C=O) groups is 1. The van der Waals surface area contributed by atoms with Crippen molar-refractivity contribution in [3.63, 3.8) is 0 Å². The monoisotopic (exact) mass is 266 g/mol. The molecule has 0 spiro atoms. The molecule has 0 radical (unpaired) electrons. The van der Waals surface area contributed by atoms with E-state index in [0.29, 0.717) is 10.6 Å². The smallest absolute Gasteiger partial charge is 0.390 e. The lowest BCUT2D eigenvalue weighted by Gasteiger charge is -2.00. The number of aromatic nitrogens is 3. The van der Waals surface area contributed by atoms with Crippen LogP contribution in [0.1, 0.15) is 10.4 Å². The quantitative estimate of drug-likeness (QED) is 0.477. The second-order valence-corrected chi connectivity index (χ2v) is 3.81. The summed E-state index contributed by atoms with van der Waals surface area (Å²) in [6.07, 6.45) is 1.13. The summed E-state index contributed by atoms with van der Waals surface area (Å²) in [4.78, 5) is 25.0. The van der Waals surface area contributed by atoms with E-state index in [1.807, 2.05) is 0 Å². The van der Waals surface area contributed by atoms with Gasteiger partial charge in [0.05, 0.1) is 5.02 Å². The fourth-order valence-corrected chi connectivity index (χ4v) is 1.61. The van der Waals surface area contributed by atoms with Crippen LogP contribution >= 0.6 is 11.6 Å². The molecule has 1 aromatic heterocycles. The van der Waals surface area contributed by atoms with Crippen molar-refractivity contribution in [2.45, 2.75) is 6.54 Å². The molecule has 7 nitrogen and oxygen atoms in total. The van der Waals surface area contributed by atoms with Crippen LogP contribution in [0.15, 0.2) is 30.6 Å². The van der Waals surface area contributed by atoms with Gasteiger partial charge in [0.2, 0.25) is 6.33 Å². The van der Waals surface area contributed by atoms with Crippen molar-refractivity contribution >= 4 is 23.3 Å². The first-order chi connectivity index (χ1) is 8.58. The highest BCUT2D eigenvalue weighted by atomic mass is 35.5. The van der Waals surface area contributed by atoms with E-state index in [2.05, 4.69) is 10.1 Å². The molecule has 0 aliphatic heterocycles. The normalized spacial score (nSPS) is 10.3. The van der Waals surface area contributed by atoms with Crippen LogP contribution in [-0.4, -0.2) is 25.5 Å². The molecule has 0 aliphatic carbocycles. The molecule has 0 fully saturated rings. The van der Waals surface area contributed by atoms with E-state index in [1.54, 1.807) is 24.3 Å². The summed E-state index contributed by atoms with van der Waals surface area (Å²) >= 11 is 5.87. The lowest BCUT2D eigenvalue weighted by atomic mass is 10.1. The number of hydrogen-bond donors (Lipinski definition) is 0. The lowest BCUT2D eigenvalue weighted by Crippen LogP contribution is -2.11. The highest BCUT2D eigenvalue weighted by molar-refractivity contribution is 6.33. The van der Waals surface area contributed by atoms with Crippen LogP contribution < -0.4 is 0 Å². The first-order valence-electron chi connectivity index (χ1n) is 4.89. The van der Waals surface area contributed by atoms with Crippen LogP contribution in [0, 0.1) is 10.1 Å². The van der Waals surface area contributed by atoms with Gasteiger partial charge >= 0.3 is 5.95 Å². The SMILES string of the molecule is O=C(Cn1cnc([N+](=O)[O-])n1)c1ccccc1Cl. The van der Waals surface area contributed by atoms with Gasteiger partial charge in [-0.2, -0.15) is 4.68 Å². The fourth-order valence-electron chi connectivity index (χ4n) is 1.36. The van der Waals surface area contributed by atoms with Gasteiger partial charge in [0.25, 0.3) is 0 Å². The molecule has 0 aliphatic rings. The zero-order chi connectivity index (χ0) is 13.1. The van der Waals surface area contributed by atoms with Crippen molar-refractivity contribution in [1.29, 1.82) is 0 Å². The van der Waals surface area contributed by atoms with Gasteiger partial charge in [-0.05, 0) is 17.1 Å². The summed E-state index contributed by atoms with van der Waals surface area (Å²) in [7, 11) is 0. The second-order valence-electron chi connectivity index (χ2n) is 3.40. The molecule has 0 saturated carbocycles. The summed E-state index contributed by atoms with van der Waals surface area (Å²) in [5, 5.41) is 14.3. The summed E-state index contributed by atoms with van der Waals surface area (Å²) in [5.74, 6) is -0.831. The molecule has 0 bridgehead atoms. The second kappa shape index (κ2) is 4.92. The maximum absolute atomic E-state index is 11.9. The van der Waals surface area contributed by atoms with Crippen molar-refractivity contribution in [3.8, 4) is 0 Å². The van der Waals surface area contributed by atoms with Crippen molar-refractivity contribution < 1.29 is 9.72 Å². The van der Waals surface area contributed by atoms with Gasteiger partial charge < -0.3 is 10.1 Å². The predicted octanol–water partition coefficient (Wildman–Crippen LogP) is 1.72. The van der Waals surface area contributed by atoms with E-state index in [4.69, 9.17) is 11.6 Å². The van der Waals surface area contributed by atoms with Gasteiger partial charge in [0.15, 0.2) is 5.78 Å². The first-order valence-corrected chi connectivity index (χ1v) is 5.27. The standard InChI is InChI=1S/C10H7ClN4O3/c11-8-4-2-1-3-7(8)9(16)5-14-6-12-10(13-14)15(17)18/h1-4,6H,5H2. The van der Waals surface area contributed by atoms with Crippen LogP contribution in [0.5, 0.6) is 0 Å². The molecule has 2 rings (SSSR count). The number of Topliss-reactive ketones (excluding diaryl/α,β-unsaturated/α-hetero) is 1. The Morgan fingerprint density at radius 1 is 1.44 bits per heavy atom. The molecular formula is C10H7ClN4O3. The number of nitrogens with zero attached hydrogens (tertiary/aromatic N) is 4. The van der Waals surface area contributed by atoms with Crippen LogP contribution in [0.25, 0.3) is 0 Å².